The van der Waals surface area contributed by atoms with Crippen LogP contribution < -0.4 is 0 Å². The predicted molar refractivity (Wildman–Crippen MR) is 259 cm³/mol. The lowest BCUT2D eigenvalue weighted by molar-refractivity contribution is 1.07. The summed E-state index contributed by atoms with van der Waals surface area (Å²) in [6.45, 7) is 0. The minimum absolute atomic E-state index is 0.613. The van der Waals surface area contributed by atoms with E-state index in [-0.39, 0.29) is 0 Å². The molecule has 0 aliphatic rings. The van der Waals surface area contributed by atoms with E-state index in [1.165, 1.54) is 27.1 Å². The predicted octanol–water partition coefficient (Wildman–Crippen LogP) is 14.2. The molecule has 0 saturated carbocycles. The molecular formula is C57H36N6. The zero-order chi connectivity index (χ0) is 41.4. The number of hydrogen-bond acceptors (Lipinski definition) is 3. The van der Waals surface area contributed by atoms with Gasteiger partial charge in [0.2, 0.25) is 0 Å². The maximum atomic E-state index is 5.30. The van der Waals surface area contributed by atoms with Crippen molar-refractivity contribution in [1.82, 2.24) is 28.7 Å². The Labute approximate surface area is 362 Å². The van der Waals surface area contributed by atoms with Crippen LogP contribution in [-0.2, 0) is 0 Å². The molecule has 0 fully saturated rings. The molecule has 13 rings (SSSR count). The SMILES string of the molecule is c1ccc(-c2nc(-c3ccccc3)nc(-c3cccc4c5ccc6c(c7ccccc7n6-c6ccccc6)c5n(-c5ccc6c(c5)c5ccccc5n6-c5ccccc5)c34)n2)cc1. The monoisotopic (exact) mass is 804 g/mol. The number of aromatic nitrogens is 6. The van der Waals surface area contributed by atoms with Crippen LogP contribution in [0.3, 0.4) is 0 Å². The van der Waals surface area contributed by atoms with Gasteiger partial charge in [-0.2, -0.15) is 0 Å². The van der Waals surface area contributed by atoms with Gasteiger partial charge in [0.25, 0.3) is 0 Å². The van der Waals surface area contributed by atoms with Crippen molar-refractivity contribution < 1.29 is 0 Å². The summed E-state index contributed by atoms with van der Waals surface area (Å²) < 4.78 is 7.25. The zero-order valence-corrected chi connectivity index (χ0v) is 34.0. The van der Waals surface area contributed by atoms with Crippen LogP contribution in [0.2, 0.25) is 0 Å². The van der Waals surface area contributed by atoms with Crippen LogP contribution in [0.15, 0.2) is 218 Å². The molecule has 0 radical (unpaired) electrons. The van der Waals surface area contributed by atoms with Crippen molar-refractivity contribution in [3.8, 4) is 51.2 Å². The highest BCUT2D eigenvalue weighted by Crippen LogP contribution is 2.45. The first-order valence-corrected chi connectivity index (χ1v) is 21.3. The van der Waals surface area contributed by atoms with E-state index >= 15 is 0 Å². The molecule has 4 heterocycles. The van der Waals surface area contributed by atoms with Gasteiger partial charge in [-0.15, -0.1) is 0 Å². The van der Waals surface area contributed by atoms with E-state index < -0.39 is 0 Å². The Balaban J connectivity index is 1.19. The fraction of sp³-hybridized carbons (Fsp3) is 0. The Bertz CT molecular complexity index is 3830. The van der Waals surface area contributed by atoms with Crippen LogP contribution in [0.1, 0.15) is 0 Å². The second-order valence-electron chi connectivity index (χ2n) is 16.0. The third-order valence-corrected chi connectivity index (χ3v) is 12.5. The molecule has 0 saturated heterocycles. The summed E-state index contributed by atoms with van der Waals surface area (Å²) in [7, 11) is 0. The molecule has 0 atom stereocenters. The number of benzene rings is 9. The highest BCUT2D eigenvalue weighted by molar-refractivity contribution is 6.27. The third kappa shape index (κ3) is 5.41. The highest BCUT2D eigenvalue weighted by atomic mass is 15.1. The Morgan fingerprint density at radius 2 is 0.746 bits per heavy atom. The quantitative estimate of drug-likeness (QED) is 0.168. The van der Waals surface area contributed by atoms with Crippen LogP contribution >= 0.6 is 0 Å². The molecule has 0 N–H and O–H groups in total. The normalized spacial score (nSPS) is 11.8. The summed E-state index contributed by atoms with van der Waals surface area (Å²) in [5, 5.41) is 7.02. The lowest BCUT2D eigenvalue weighted by atomic mass is 10.1. The molecule has 0 aliphatic carbocycles. The standard InChI is InChI=1S/C57H36N6/c1-5-18-37(19-6-1)55-58-56(38-20-7-2-8-21-38)60-57(59-55)46-29-17-28-43-44-33-35-51-52(45-27-14-16-31-49(45)62(51)40-24-11-4-12-25-40)54(44)63(53(43)46)41-32-34-50-47(36-41)42-26-13-15-30-48(42)61(50)39-22-9-3-10-23-39/h1-36H. The van der Waals surface area contributed by atoms with Crippen LogP contribution in [0.4, 0.5) is 0 Å². The summed E-state index contributed by atoms with van der Waals surface area (Å²) in [6.07, 6.45) is 0. The Kier molecular flexibility index (Phi) is 7.80. The van der Waals surface area contributed by atoms with Gasteiger partial charge >= 0.3 is 0 Å². The van der Waals surface area contributed by atoms with E-state index in [9.17, 15) is 0 Å². The molecule has 0 amide bonds. The van der Waals surface area contributed by atoms with E-state index in [1.807, 2.05) is 36.4 Å². The second-order valence-corrected chi connectivity index (χ2v) is 16.0. The van der Waals surface area contributed by atoms with E-state index in [0.29, 0.717) is 17.5 Å². The van der Waals surface area contributed by atoms with Crippen LogP contribution in [0, 0.1) is 0 Å². The molecule has 4 aromatic heterocycles. The average molecular weight is 805 g/mol. The smallest absolute Gasteiger partial charge is 0.166 e. The van der Waals surface area contributed by atoms with Gasteiger partial charge in [-0.25, -0.2) is 15.0 Å². The molecule has 0 bridgehead atoms. The van der Waals surface area contributed by atoms with Crippen LogP contribution in [0.25, 0.3) is 117 Å². The second kappa shape index (κ2) is 14.0. The topological polar surface area (TPSA) is 53.5 Å². The number of nitrogens with zero attached hydrogens (tertiary/aromatic N) is 6. The average Bonchev–Trinajstić information content (AvgIpc) is 4.00. The highest BCUT2D eigenvalue weighted by Gasteiger charge is 2.25. The number of fused-ring (bicyclic) bond motifs is 10. The zero-order valence-electron chi connectivity index (χ0n) is 34.0. The summed E-state index contributed by atoms with van der Waals surface area (Å²) in [6, 6.07) is 77.3. The fourth-order valence-corrected chi connectivity index (χ4v) is 9.78. The number of rotatable bonds is 6. The number of para-hydroxylation sites is 5. The molecule has 0 unspecified atom stereocenters. The number of hydrogen-bond donors (Lipinski definition) is 0. The summed E-state index contributed by atoms with van der Waals surface area (Å²) in [4.78, 5) is 15.7. The van der Waals surface area contributed by atoms with E-state index in [4.69, 9.17) is 15.0 Å². The molecule has 294 valence electrons. The first-order chi connectivity index (χ1) is 31.3. The summed E-state index contributed by atoms with van der Waals surface area (Å²) >= 11 is 0. The van der Waals surface area contributed by atoms with Crippen molar-refractivity contribution in [2.45, 2.75) is 0 Å². The van der Waals surface area contributed by atoms with Gasteiger partial charge in [0.05, 0.1) is 33.1 Å². The minimum atomic E-state index is 0.613. The Hall–Kier alpha value is -8.61. The van der Waals surface area contributed by atoms with Crippen molar-refractivity contribution >= 4 is 65.4 Å². The van der Waals surface area contributed by atoms with Gasteiger partial charge in [-0.3, -0.25) is 0 Å². The van der Waals surface area contributed by atoms with Gasteiger partial charge in [0, 0.05) is 66.1 Å². The van der Waals surface area contributed by atoms with Gasteiger partial charge in [0.15, 0.2) is 17.5 Å². The van der Waals surface area contributed by atoms with Gasteiger partial charge in [-0.05, 0) is 66.7 Å². The van der Waals surface area contributed by atoms with Gasteiger partial charge in [-0.1, -0.05) is 152 Å². The largest absolute Gasteiger partial charge is 0.309 e. The molecule has 13 aromatic rings. The van der Waals surface area contributed by atoms with Crippen LogP contribution in [-0.4, -0.2) is 28.7 Å². The van der Waals surface area contributed by atoms with Crippen molar-refractivity contribution in [2.75, 3.05) is 0 Å². The maximum Gasteiger partial charge on any atom is 0.166 e. The van der Waals surface area contributed by atoms with Crippen molar-refractivity contribution in [3.05, 3.63) is 218 Å². The first kappa shape index (κ1) is 35.2. The summed E-state index contributed by atoms with van der Waals surface area (Å²) in [5.41, 5.74) is 12.9. The Morgan fingerprint density at radius 1 is 0.270 bits per heavy atom. The van der Waals surface area contributed by atoms with E-state index in [0.717, 1.165) is 72.1 Å². The molecule has 0 aliphatic heterocycles. The molecule has 0 spiro atoms. The Morgan fingerprint density at radius 3 is 1.40 bits per heavy atom. The third-order valence-electron chi connectivity index (χ3n) is 12.5. The van der Waals surface area contributed by atoms with E-state index in [2.05, 4.69) is 196 Å². The molecule has 6 nitrogen and oxygen atoms in total. The van der Waals surface area contributed by atoms with E-state index in [1.54, 1.807) is 0 Å². The first-order valence-electron chi connectivity index (χ1n) is 21.3. The molecule has 9 aromatic carbocycles. The van der Waals surface area contributed by atoms with Crippen LogP contribution in [0.5, 0.6) is 0 Å². The molecule has 63 heavy (non-hydrogen) atoms. The fourth-order valence-electron chi connectivity index (χ4n) is 9.78. The maximum absolute atomic E-state index is 5.30. The lowest BCUT2D eigenvalue weighted by Crippen LogP contribution is -2.02. The van der Waals surface area contributed by atoms with Crippen molar-refractivity contribution in [1.29, 1.82) is 0 Å². The minimum Gasteiger partial charge on any atom is -0.309 e. The lowest BCUT2D eigenvalue weighted by Gasteiger charge is -2.14. The molecular weight excluding hydrogens is 769 g/mol. The van der Waals surface area contributed by atoms with Gasteiger partial charge in [0.1, 0.15) is 0 Å². The summed E-state index contributed by atoms with van der Waals surface area (Å²) in [5.74, 6) is 1.87. The van der Waals surface area contributed by atoms with Crippen molar-refractivity contribution in [2.24, 2.45) is 0 Å². The molecule has 6 heteroatoms. The van der Waals surface area contributed by atoms with Gasteiger partial charge < -0.3 is 13.7 Å². The van der Waals surface area contributed by atoms with Crippen molar-refractivity contribution in [3.63, 3.8) is 0 Å².